The van der Waals surface area contributed by atoms with Gasteiger partial charge in [0.1, 0.15) is 11.5 Å². The number of nitrogens with zero attached hydrogens (tertiary/aromatic N) is 1. The van der Waals surface area contributed by atoms with Crippen molar-refractivity contribution >= 4 is 10.0 Å². The van der Waals surface area contributed by atoms with Crippen molar-refractivity contribution in [3.8, 4) is 0 Å². The molecule has 0 amide bonds. The first-order chi connectivity index (χ1) is 9.94. The van der Waals surface area contributed by atoms with Crippen molar-refractivity contribution in [3.63, 3.8) is 0 Å². The van der Waals surface area contributed by atoms with Gasteiger partial charge in [-0.15, -0.1) is 0 Å². The number of rotatable bonds is 7. The number of hydrogen-bond donors (Lipinski definition) is 3. The number of nitrogens with one attached hydrogen (secondary N) is 3. The van der Waals surface area contributed by atoms with Gasteiger partial charge >= 0.3 is 0 Å². The highest BCUT2D eigenvalue weighted by molar-refractivity contribution is 7.89. The minimum atomic E-state index is -3.68. The van der Waals surface area contributed by atoms with Gasteiger partial charge in [-0.05, 0) is 32.5 Å². The second kappa shape index (κ2) is 6.42. The number of H-pyrrole nitrogens is 1. The summed E-state index contributed by atoms with van der Waals surface area (Å²) in [6.07, 6.45) is 1.51. The lowest BCUT2D eigenvalue weighted by Gasteiger charge is -2.12. The molecule has 0 saturated heterocycles. The molecule has 3 N–H and O–H groups in total. The van der Waals surface area contributed by atoms with Gasteiger partial charge in [-0.25, -0.2) is 8.42 Å². The van der Waals surface area contributed by atoms with E-state index >= 15 is 0 Å². The van der Waals surface area contributed by atoms with Crippen molar-refractivity contribution in [2.75, 3.05) is 6.54 Å². The van der Waals surface area contributed by atoms with E-state index in [4.69, 9.17) is 4.42 Å². The van der Waals surface area contributed by atoms with Gasteiger partial charge in [0, 0.05) is 12.1 Å². The second-order valence-corrected chi connectivity index (χ2v) is 6.45. The van der Waals surface area contributed by atoms with Crippen LogP contribution in [0, 0.1) is 6.92 Å². The third-order valence-electron chi connectivity index (χ3n) is 3.03. The van der Waals surface area contributed by atoms with Crippen LogP contribution in [0.4, 0.5) is 0 Å². The predicted molar refractivity (Wildman–Crippen MR) is 78.1 cm³/mol. The van der Waals surface area contributed by atoms with Crippen LogP contribution in [0.2, 0.25) is 0 Å². The number of furan rings is 1. The molecule has 0 radical (unpaired) electrons. The van der Waals surface area contributed by atoms with Gasteiger partial charge in [-0.1, -0.05) is 6.92 Å². The zero-order valence-electron chi connectivity index (χ0n) is 12.3. The molecule has 1 unspecified atom stereocenters. The predicted octanol–water partition coefficient (Wildman–Crippen LogP) is 1.46. The molecule has 0 aromatic carbocycles. The molecule has 1 atom stereocenters. The average Bonchev–Trinajstić information content (AvgIpc) is 3.04. The molecule has 0 bridgehead atoms. The number of aromatic amines is 1. The molecule has 0 spiro atoms. The molecule has 2 rings (SSSR count). The van der Waals surface area contributed by atoms with Gasteiger partial charge in [0.05, 0.1) is 12.2 Å². The summed E-state index contributed by atoms with van der Waals surface area (Å²) in [7, 11) is -3.68. The third kappa shape index (κ3) is 3.72. The topological polar surface area (TPSA) is 100 Å². The normalized spacial score (nSPS) is 13.5. The highest BCUT2D eigenvalue weighted by Gasteiger charge is 2.24. The van der Waals surface area contributed by atoms with Crippen molar-refractivity contribution in [2.45, 2.75) is 38.4 Å². The van der Waals surface area contributed by atoms with Crippen molar-refractivity contribution in [1.82, 2.24) is 20.2 Å². The SMILES string of the molecule is CCNCc1cn[nH]c1S(=O)(=O)NC(C)c1ccc(C)o1. The van der Waals surface area contributed by atoms with E-state index in [1.165, 1.54) is 6.20 Å². The zero-order chi connectivity index (χ0) is 15.5. The molecule has 2 heterocycles. The summed E-state index contributed by atoms with van der Waals surface area (Å²) in [5.74, 6) is 1.31. The summed E-state index contributed by atoms with van der Waals surface area (Å²) in [4.78, 5) is 0. The molecule has 7 nitrogen and oxygen atoms in total. The van der Waals surface area contributed by atoms with E-state index < -0.39 is 16.1 Å². The lowest BCUT2D eigenvalue weighted by molar-refractivity contribution is 0.440. The first-order valence-corrected chi connectivity index (χ1v) is 8.24. The maximum Gasteiger partial charge on any atom is 0.258 e. The lowest BCUT2D eigenvalue weighted by atomic mass is 10.3. The summed E-state index contributed by atoms with van der Waals surface area (Å²) in [6.45, 7) is 6.69. The highest BCUT2D eigenvalue weighted by atomic mass is 32.2. The van der Waals surface area contributed by atoms with Crippen molar-refractivity contribution in [1.29, 1.82) is 0 Å². The molecule has 0 fully saturated rings. The molecule has 21 heavy (non-hydrogen) atoms. The van der Waals surface area contributed by atoms with Gasteiger partial charge in [-0.2, -0.15) is 9.82 Å². The summed E-state index contributed by atoms with van der Waals surface area (Å²) >= 11 is 0. The Morgan fingerprint density at radius 1 is 1.43 bits per heavy atom. The Labute approximate surface area is 124 Å². The van der Waals surface area contributed by atoms with Crippen molar-refractivity contribution in [3.05, 3.63) is 35.4 Å². The number of sulfonamides is 1. The Hall–Kier alpha value is -1.64. The van der Waals surface area contributed by atoms with E-state index in [9.17, 15) is 8.42 Å². The molecular weight excluding hydrogens is 292 g/mol. The fraction of sp³-hybridized carbons (Fsp3) is 0.462. The quantitative estimate of drug-likeness (QED) is 0.718. The van der Waals surface area contributed by atoms with Crippen LogP contribution in [0.25, 0.3) is 0 Å². The van der Waals surface area contributed by atoms with Crippen LogP contribution in [0.15, 0.2) is 27.8 Å². The molecule has 116 valence electrons. The molecule has 2 aromatic rings. The lowest BCUT2D eigenvalue weighted by Crippen LogP contribution is -2.28. The largest absolute Gasteiger partial charge is 0.465 e. The van der Waals surface area contributed by atoms with Gasteiger partial charge in [-0.3, -0.25) is 5.10 Å². The number of hydrogen-bond acceptors (Lipinski definition) is 5. The number of aryl methyl sites for hydroxylation is 1. The van der Waals surface area contributed by atoms with Gasteiger partial charge < -0.3 is 9.73 Å². The molecule has 0 aliphatic carbocycles. The maximum absolute atomic E-state index is 12.4. The third-order valence-corrected chi connectivity index (χ3v) is 4.59. The first-order valence-electron chi connectivity index (χ1n) is 6.75. The van der Waals surface area contributed by atoms with Crippen LogP contribution in [0.3, 0.4) is 0 Å². The van der Waals surface area contributed by atoms with Crippen molar-refractivity contribution < 1.29 is 12.8 Å². The highest BCUT2D eigenvalue weighted by Crippen LogP contribution is 2.19. The zero-order valence-corrected chi connectivity index (χ0v) is 13.1. The summed E-state index contributed by atoms with van der Waals surface area (Å²) < 4.78 is 32.9. The van der Waals surface area contributed by atoms with Crippen LogP contribution in [-0.4, -0.2) is 25.2 Å². The Morgan fingerprint density at radius 3 is 2.81 bits per heavy atom. The molecule has 0 aliphatic rings. The van der Waals surface area contributed by atoms with E-state index in [0.717, 1.165) is 12.3 Å². The minimum absolute atomic E-state index is 0.0820. The van der Waals surface area contributed by atoms with Gasteiger partial charge in [0.25, 0.3) is 10.0 Å². The fourth-order valence-electron chi connectivity index (χ4n) is 1.95. The molecular formula is C13H20N4O3S. The van der Waals surface area contributed by atoms with E-state index in [2.05, 4.69) is 20.2 Å². The van der Waals surface area contributed by atoms with Crippen molar-refractivity contribution in [2.24, 2.45) is 0 Å². The Morgan fingerprint density at radius 2 is 2.19 bits per heavy atom. The molecule has 0 saturated carbocycles. The van der Waals surface area contributed by atoms with Crippen LogP contribution in [0.1, 0.15) is 37.0 Å². The monoisotopic (exact) mass is 312 g/mol. The smallest absolute Gasteiger partial charge is 0.258 e. The van der Waals surface area contributed by atoms with E-state index in [0.29, 0.717) is 17.9 Å². The Balaban J connectivity index is 2.16. The average molecular weight is 312 g/mol. The fourth-order valence-corrected chi connectivity index (χ4v) is 3.30. The molecule has 0 aliphatic heterocycles. The summed E-state index contributed by atoms with van der Waals surface area (Å²) in [5, 5.41) is 9.53. The first kappa shape index (κ1) is 15.7. The summed E-state index contributed by atoms with van der Waals surface area (Å²) in [6, 6.07) is 3.10. The van der Waals surface area contributed by atoms with Crippen LogP contribution < -0.4 is 10.0 Å². The Kier molecular flexibility index (Phi) is 4.81. The van der Waals surface area contributed by atoms with E-state index in [1.54, 1.807) is 19.1 Å². The van der Waals surface area contributed by atoms with E-state index in [1.807, 2.05) is 13.8 Å². The van der Waals surface area contributed by atoms with Crippen LogP contribution >= 0.6 is 0 Å². The van der Waals surface area contributed by atoms with Crippen LogP contribution in [-0.2, 0) is 16.6 Å². The van der Waals surface area contributed by atoms with Crippen LogP contribution in [0.5, 0.6) is 0 Å². The molecule has 2 aromatic heterocycles. The van der Waals surface area contributed by atoms with Gasteiger partial charge in [0.15, 0.2) is 5.03 Å². The Bertz CT molecular complexity index is 690. The molecule has 8 heteroatoms. The standard InChI is InChI=1S/C13H20N4O3S/c1-4-14-7-11-8-15-16-13(11)21(18,19)17-10(3)12-6-5-9(2)20-12/h5-6,8,10,14,17H,4,7H2,1-3H3,(H,15,16). The van der Waals surface area contributed by atoms with E-state index in [-0.39, 0.29) is 5.03 Å². The number of aromatic nitrogens is 2. The second-order valence-electron chi connectivity index (χ2n) is 4.80. The van der Waals surface area contributed by atoms with Gasteiger partial charge in [0.2, 0.25) is 0 Å². The maximum atomic E-state index is 12.4. The summed E-state index contributed by atoms with van der Waals surface area (Å²) in [5.41, 5.74) is 0.604. The minimum Gasteiger partial charge on any atom is -0.465 e.